The van der Waals surface area contributed by atoms with Crippen LogP contribution in [0.25, 0.3) is 0 Å². The molecule has 1 aliphatic carbocycles. The van der Waals surface area contributed by atoms with Crippen molar-refractivity contribution in [1.29, 1.82) is 0 Å². The van der Waals surface area contributed by atoms with Gasteiger partial charge in [0.1, 0.15) is 11.2 Å². The highest BCUT2D eigenvalue weighted by Crippen LogP contribution is 2.42. The van der Waals surface area contributed by atoms with Gasteiger partial charge in [0.2, 0.25) is 0 Å². The number of thiophene rings is 1. The van der Waals surface area contributed by atoms with E-state index in [-0.39, 0.29) is 12.1 Å². The number of fused-ring (bicyclic) bond motifs is 3. The highest BCUT2D eigenvalue weighted by Gasteiger charge is 2.32. The lowest BCUT2D eigenvalue weighted by atomic mass is 9.88. The molecule has 0 bridgehead atoms. The summed E-state index contributed by atoms with van der Waals surface area (Å²) in [6.07, 6.45) is 3.15. The van der Waals surface area contributed by atoms with E-state index in [4.69, 9.17) is 0 Å². The fourth-order valence-electron chi connectivity index (χ4n) is 3.59. The molecule has 2 unspecified atom stereocenters. The maximum atomic E-state index is 12.7. The number of nitrogens with zero attached hydrogens (tertiary/aromatic N) is 1. The normalized spacial score (nSPS) is 22.2. The van der Waals surface area contributed by atoms with Crippen LogP contribution in [-0.4, -0.2) is 20.0 Å². The smallest absolute Gasteiger partial charge is 0.256 e. The van der Waals surface area contributed by atoms with Gasteiger partial charge >= 0.3 is 0 Å². The molecular weight excluding hydrogens is 318 g/mol. The van der Waals surface area contributed by atoms with Crippen LogP contribution in [0, 0.1) is 5.92 Å². The summed E-state index contributed by atoms with van der Waals surface area (Å²) in [5, 5.41) is 7.71. The van der Waals surface area contributed by atoms with Gasteiger partial charge in [-0.1, -0.05) is 19.1 Å². The van der Waals surface area contributed by atoms with Crippen LogP contribution in [0.15, 0.2) is 24.3 Å². The van der Waals surface area contributed by atoms with Crippen molar-refractivity contribution < 1.29 is 4.79 Å². The fourth-order valence-corrected chi connectivity index (χ4v) is 5.03. The van der Waals surface area contributed by atoms with Crippen LogP contribution in [0.3, 0.4) is 0 Å². The molecule has 2 N–H and O–H groups in total. The number of rotatable bonds is 2. The third-order valence-corrected chi connectivity index (χ3v) is 6.22. The number of carbonyl (C=O) groups excluding carboxylic acids is 1. The molecule has 1 aliphatic heterocycles. The van der Waals surface area contributed by atoms with Gasteiger partial charge in [-0.25, -0.2) is 0 Å². The number of hydrogen-bond donors (Lipinski definition) is 2. The van der Waals surface area contributed by atoms with E-state index in [0.717, 1.165) is 40.6 Å². The van der Waals surface area contributed by atoms with Crippen molar-refractivity contribution in [3.63, 3.8) is 0 Å². The second kappa shape index (κ2) is 5.81. The van der Waals surface area contributed by atoms with Crippen LogP contribution in [0.1, 0.15) is 45.9 Å². The highest BCUT2D eigenvalue weighted by molar-refractivity contribution is 7.16. The van der Waals surface area contributed by atoms with Crippen LogP contribution in [0.5, 0.6) is 0 Å². The Morgan fingerprint density at radius 2 is 1.92 bits per heavy atom. The average Bonchev–Trinajstić information content (AvgIpc) is 2.92. The van der Waals surface area contributed by atoms with Crippen molar-refractivity contribution >= 4 is 27.9 Å². The molecule has 0 saturated heterocycles. The van der Waals surface area contributed by atoms with Gasteiger partial charge in [0, 0.05) is 24.7 Å². The molecule has 0 spiro atoms. The van der Waals surface area contributed by atoms with Gasteiger partial charge in [0.05, 0.1) is 5.56 Å². The quantitative estimate of drug-likeness (QED) is 0.873. The zero-order valence-electron chi connectivity index (χ0n) is 14.3. The van der Waals surface area contributed by atoms with Gasteiger partial charge in [-0.3, -0.25) is 4.79 Å². The second-order valence-electron chi connectivity index (χ2n) is 7.09. The summed E-state index contributed by atoms with van der Waals surface area (Å²) in [4.78, 5) is 16.2. The molecule has 0 radical (unpaired) electrons. The number of carbonyl (C=O) groups is 1. The predicted molar refractivity (Wildman–Crippen MR) is 100 cm³/mol. The van der Waals surface area contributed by atoms with E-state index in [1.165, 1.54) is 16.9 Å². The molecule has 24 heavy (non-hydrogen) atoms. The Morgan fingerprint density at radius 3 is 2.62 bits per heavy atom. The van der Waals surface area contributed by atoms with E-state index in [1.807, 2.05) is 14.1 Å². The summed E-state index contributed by atoms with van der Waals surface area (Å²) in [5.41, 5.74) is 4.41. The van der Waals surface area contributed by atoms with E-state index >= 15 is 0 Å². The zero-order valence-corrected chi connectivity index (χ0v) is 15.2. The molecule has 1 aromatic carbocycles. The third kappa shape index (κ3) is 2.57. The molecule has 2 atom stereocenters. The Bertz CT molecular complexity index is 779. The molecule has 4 nitrogen and oxygen atoms in total. The first-order valence-corrected chi connectivity index (χ1v) is 9.34. The largest absolute Gasteiger partial charge is 0.378 e. The van der Waals surface area contributed by atoms with Gasteiger partial charge in [-0.05, 0) is 48.4 Å². The Balaban J connectivity index is 1.63. The Kier molecular flexibility index (Phi) is 3.76. The lowest BCUT2D eigenvalue weighted by molar-refractivity contribution is 0.0935. The van der Waals surface area contributed by atoms with Crippen LogP contribution < -0.4 is 15.5 Å². The van der Waals surface area contributed by atoms with Crippen molar-refractivity contribution in [1.82, 2.24) is 5.32 Å². The first-order valence-electron chi connectivity index (χ1n) is 8.52. The minimum absolute atomic E-state index is 0.0671. The molecule has 1 aromatic heterocycles. The third-order valence-electron chi connectivity index (χ3n) is 5.03. The first-order chi connectivity index (χ1) is 11.5. The maximum Gasteiger partial charge on any atom is 0.256 e. The predicted octanol–water partition coefficient (Wildman–Crippen LogP) is 3.79. The van der Waals surface area contributed by atoms with Gasteiger partial charge in [0.15, 0.2) is 0 Å². The number of amides is 1. The summed E-state index contributed by atoms with van der Waals surface area (Å²) in [6, 6.07) is 8.32. The van der Waals surface area contributed by atoms with Crippen LogP contribution in [0.4, 0.5) is 10.7 Å². The first kappa shape index (κ1) is 15.5. The fraction of sp³-hybridized carbons (Fsp3) is 0.421. The van der Waals surface area contributed by atoms with Gasteiger partial charge in [0.25, 0.3) is 5.91 Å². The molecule has 2 heterocycles. The Morgan fingerprint density at radius 1 is 1.17 bits per heavy atom. The van der Waals surface area contributed by atoms with E-state index in [9.17, 15) is 4.79 Å². The van der Waals surface area contributed by atoms with Crippen LogP contribution >= 0.6 is 11.3 Å². The number of hydrogen-bond acceptors (Lipinski definition) is 4. The van der Waals surface area contributed by atoms with Gasteiger partial charge in [-0.15, -0.1) is 11.3 Å². The lowest BCUT2D eigenvalue weighted by Crippen LogP contribution is -2.38. The van der Waals surface area contributed by atoms with Crippen molar-refractivity contribution in [2.45, 2.75) is 32.4 Å². The molecule has 4 rings (SSSR count). The molecule has 2 aromatic rings. The van der Waals surface area contributed by atoms with Gasteiger partial charge < -0.3 is 15.5 Å². The monoisotopic (exact) mass is 341 g/mol. The standard InChI is InChI=1S/C19H23N3OS/c1-11-4-9-14-15(10-11)24-19-16(14)18(23)20-17(21-19)12-5-7-13(8-6-12)22(2)3/h5-8,11,17,21H,4,9-10H2,1-3H3,(H,20,23). The van der Waals surface area contributed by atoms with Crippen molar-refractivity contribution in [2.24, 2.45) is 5.92 Å². The van der Waals surface area contributed by atoms with Crippen LogP contribution in [0.2, 0.25) is 0 Å². The number of anilines is 2. The van der Waals surface area contributed by atoms with E-state index in [2.05, 4.69) is 46.7 Å². The summed E-state index contributed by atoms with van der Waals surface area (Å²) >= 11 is 1.77. The maximum absolute atomic E-state index is 12.7. The molecule has 1 amide bonds. The Labute approximate surface area is 146 Å². The summed E-state index contributed by atoms with van der Waals surface area (Å²) in [6.45, 7) is 2.30. The topological polar surface area (TPSA) is 44.4 Å². The zero-order chi connectivity index (χ0) is 16.8. The summed E-state index contributed by atoms with van der Waals surface area (Å²) in [7, 11) is 4.05. The molecular formula is C19H23N3OS. The molecule has 126 valence electrons. The van der Waals surface area contributed by atoms with E-state index in [1.54, 1.807) is 11.3 Å². The summed E-state index contributed by atoms with van der Waals surface area (Å²) < 4.78 is 0. The van der Waals surface area contributed by atoms with Crippen molar-refractivity contribution in [3.05, 3.63) is 45.8 Å². The van der Waals surface area contributed by atoms with Crippen molar-refractivity contribution in [3.8, 4) is 0 Å². The second-order valence-corrected chi connectivity index (χ2v) is 8.20. The Hall–Kier alpha value is -2.01. The minimum atomic E-state index is -0.154. The van der Waals surface area contributed by atoms with Gasteiger partial charge in [-0.2, -0.15) is 0 Å². The number of nitrogens with one attached hydrogen (secondary N) is 2. The highest BCUT2D eigenvalue weighted by atomic mass is 32.1. The minimum Gasteiger partial charge on any atom is -0.378 e. The van der Waals surface area contributed by atoms with Crippen molar-refractivity contribution in [2.75, 3.05) is 24.3 Å². The summed E-state index contributed by atoms with van der Waals surface area (Å²) in [5.74, 6) is 0.785. The molecule has 0 fully saturated rings. The average molecular weight is 341 g/mol. The molecule has 0 saturated carbocycles. The lowest BCUT2D eigenvalue weighted by Gasteiger charge is -2.27. The molecule has 5 heteroatoms. The SMILES string of the molecule is CC1CCc2c(sc3c2C(=O)NC(c2ccc(N(C)C)cc2)N3)C1. The molecule has 2 aliphatic rings. The van der Waals surface area contributed by atoms with Crippen LogP contribution in [-0.2, 0) is 12.8 Å². The van der Waals surface area contributed by atoms with E-state index in [0.29, 0.717) is 0 Å². The number of benzene rings is 1. The van der Waals surface area contributed by atoms with E-state index < -0.39 is 0 Å².